The van der Waals surface area contributed by atoms with Crippen LogP contribution < -0.4 is 0 Å². The Bertz CT molecular complexity index is 215. The molecule has 0 heterocycles. The van der Waals surface area contributed by atoms with Crippen LogP contribution in [0.15, 0.2) is 36.0 Å². The molecule has 0 atom stereocenters. The van der Waals surface area contributed by atoms with Gasteiger partial charge in [0.25, 0.3) is 0 Å². The maximum absolute atomic E-state index is 7.12. The summed E-state index contributed by atoms with van der Waals surface area (Å²) in [7, 11) is 0. The number of nitrogens with one attached hydrogen (secondary N) is 1. The highest BCUT2D eigenvalue weighted by Crippen LogP contribution is 2.00. The Morgan fingerprint density at radius 1 is 1.18 bits per heavy atom. The van der Waals surface area contributed by atoms with E-state index < -0.39 is 0 Å². The summed E-state index contributed by atoms with van der Waals surface area (Å²) in [4.78, 5) is 0. The molecule has 0 fully saturated rings. The molecular formula is C10H15N. The van der Waals surface area contributed by atoms with E-state index in [4.69, 9.17) is 5.41 Å². The van der Waals surface area contributed by atoms with Gasteiger partial charge in [-0.25, -0.2) is 0 Å². The van der Waals surface area contributed by atoms with Crippen LogP contribution >= 0.6 is 0 Å². The first-order chi connectivity index (χ1) is 5.02. The largest absolute Gasteiger partial charge is 0.306 e. The normalized spacial score (nSPS) is 9.73. The average molecular weight is 149 g/mol. The minimum absolute atomic E-state index is 0.549. The predicted octanol–water partition coefficient (Wildman–Crippen LogP) is 3.10. The van der Waals surface area contributed by atoms with Crippen molar-refractivity contribution < 1.29 is 0 Å². The molecule has 0 unspecified atom stereocenters. The molecule has 0 aliphatic heterocycles. The molecule has 11 heavy (non-hydrogen) atoms. The van der Waals surface area contributed by atoms with Crippen LogP contribution in [0.25, 0.3) is 0 Å². The molecule has 0 aromatic rings. The first-order valence-electron chi connectivity index (χ1n) is 3.59. The summed E-state index contributed by atoms with van der Waals surface area (Å²) in [5.74, 6) is 0. The Balaban J connectivity index is 4.09. The van der Waals surface area contributed by atoms with E-state index in [9.17, 15) is 0 Å². The smallest absolute Gasteiger partial charge is 0.0283 e. The molecule has 0 aliphatic rings. The van der Waals surface area contributed by atoms with Gasteiger partial charge in [-0.1, -0.05) is 24.3 Å². The molecule has 0 rings (SSSR count). The fourth-order valence-corrected chi connectivity index (χ4v) is 0.651. The third kappa shape index (κ3) is 6.78. The second-order valence-corrected chi connectivity index (χ2v) is 2.81. The van der Waals surface area contributed by atoms with E-state index in [1.54, 1.807) is 13.0 Å². The van der Waals surface area contributed by atoms with Crippen LogP contribution in [0.3, 0.4) is 0 Å². The molecule has 0 radical (unpaired) electrons. The summed E-state index contributed by atoms with van der Waals surface area (Å²) in [5.41, 5.74) is 2.71. The van der Waals surface area contributed by atoms with E-state index in [-0.39, 0.29) is 0 Å². The maximum Gasteiger partial charge on any atom is 0.0283 e. The lowest BCUT2D eigenvalue weighted by atomic mass is 10.2. The molecule has 0 saturated heterocycles. The second kappa shape index (κ2) is 4.67. The van der Waals surface area contributed by atoms with E-state index >= 15 is 0 Å². The number of hydrogen-bond donors (Lipinski definition) is 1. The molecule has 0 saturated carbocycles. The van der Waals surface area contributed by atoms with Crippen molar-refractivity contribution in [2.45, 2.75) is 20.8 Å². The van der Waals surface area contributed by atoms with Gasteiger partial charge in [0, 0.05) is 5.71 Å². The highest BCUT2D eigenvalue weighted by atomic mass is 14.4. The molecule has 1 N–H and O–H groups in total. The molecule has 1 nitrogen and oxygen atoms in total. The van der Waals surface area contributed by atoms with Gasteiger partial charge in [-0.3, -0.25) is 0 Å². The fraction of sp³-hybridized carbons (Fsp3) is 0.300. The van der Waals surface area contributed by atoms with Crippen molar-refractivity contribution in [3.63, 3.8) is 0 Å². The van der Waals surface area contributed by atoms with Crippen LogP contribution in [0.4, 0.5) is 0 Å². The van der Waals surface area contributed by atoms with Gasteiger partial charge < -0.3 is 5.41 Å². The Labute approximate surface area is 68.6 Å². The lowest BCUT2D eigenvalue weighted by molar-refractivity contribution is 1.38. The number of hydrogen-bond acceptors (Lipinski definition) is 1. The minimum Gasteiger partial charge on any atom is -0.306 e. The van der Waals surface area contributed by atoms with Crippen LogP contribution in [-0.2, 0) is 0 Å². The van der Waals surface area contributed by atoms with Crippen molar-refractivity contribution in [3.05, 3.63) is 36.0 Å². The summed E-state index contributed by atoms with van der Waals surface area (Å²) in [6.07, 6.45) is 5.57. The van der Waals surface area contributed by atoms with Crippen LogP contribution in [0.5, 0.6) is 0 Å². The number of rotatable bonds is 3. The lowest BCUT2D eigenvalue weighted by Crippen LogP contribution is -1.78. The Kier molecular flexibility index (Phi) is 4.20. The van der Waals surface area contributed by atoms with Gasteiger partial charge in [0.1, 0.15) is 0 Å². The van der Waals surface area contributed by atoms with Crippen molar-refractivity contribution in [3.8, 4) is 0 Å². The van der Waals surface area contributed by atoms with E-state index in [1.807, 2.05) is 26.0 Å². The second-order valence-electron chi connectivity index (χ2n) is 2.81. The first-order valence-corrected chi connectivity index (χ1v) is 3.59. The van der Waals surface area contributed by atoms with E-state index in [2.05, 4.69) is 6.58 Å². The first kappa shape index (κ1) is 9.89. The Morgan fingerprint density at radius 2 is 1.73 bits per heavy atom. The predicted molar refractivity (Wildman–Crippen MR) is 51.1 cm³/mol. The highest BCUT2D eigenvalue weighted by Gasteiger charge is 1.82. The molecule has 0 amide bonds. The molecule has 0 bridgehead atoms. The Hall–Kier alpha value is -1.11. The summed E-state index contributed by atoms with van der Waals surface area (Å²) in [6.45, 7) is 9.60. The molecule has 0 aromatic heterocycles. The molecule has 60 valence electrons. The van der Waals surface area contributed by atoms with Gasteiger partial charge in [-0.15, -0.1) is 0 Å². The van der Waals surface area contributed by atoms with Crippen molar-refractivity contribution >= 4 is 5.71 Å². The van der Waals surface area contributed by atoms with E-state index in [1.165, 1.54) is 5.57 Å². The van der Waals surface area contributed by atoms with Crippen molar-refractivity contribution in [1.29, 1.82) is 5.41 Å². The lowest BCUT2D eigenvalue weighted by Gasteiger charge is -1.90. The summed E-state index contributed by atoms with van der Waals surface area (Å²) >= 11 is 0. The molecule has 1 heteroatoms. The van der Waals surface area contributed by atoms with E-state index in [0.717, 1.165) is 5.57 Å². The summed E-state index contributed by atoms with van der Waals surface area (Å²) in [5, 5.41) is 7.12. The van der Waals surface area contributed by atoms with Gasteiger partial charge in [0.2, 0.25) is 0 Å². The fourth-order valence-electron chi connectivity index (χ4n) is 0.651. The molecular weight excluding hydrogens is 134 g/mol. The van der Waals surface area contributed by atoms with Crippen molar-refractivity contribution in [1.82, 2.24) is 0 Å². The molecule has 0 aliphatic carbocycles. The van der Waals surface area contributed by atoms with Gasteiger partial charge in [-0.2, -0.15) is 0 Å². The summed E-state index contributed by atoms with van der Waals surface area (Å²) in [6, 6.07) is 0. The van der Waals surface area contributed by atoms with Gasteiger partial charge in [0.15, 0.2) is 0 Å². The standard InChI is InChI=1S/C10H15N/c1-8(2)7-9(3)5-6-10(4)11/h5-7,11H,3H2,1-2,4H3. The van der Waals surface area contributed by atoms with Crippen molar-refractivity contribution in [2.24, 2.45) is 0 Å². The van der Waals surface area contributed by atoms with Crippen LogP contribution in [0.2, 0.25) is 0 Å². The van der Waals surface area contributed by atoms with Crippen molar-refractivity contribution in [2.75, 3.05) is 0 Å². The quantitative estimate of drug-likeness (QED) is 0.471. The third-order valence-corrected chi connectivity index (χ3v) is 1.02. The minimum atomic E-state index is 0.549. The third-order valence-electron chi connectivity index (χ3n) is 1.02. The zero-order valence-corrected chi connectivity index (χ0v) is 7.44. The van der Waals surface area contributed by atoms with E-state index in [0.29, 0.717) is 5.71 Å². The van der Waals surface area contributed by atoms with Crippen LogP contribution in [-0.4, -0.2) is 5.71 Å². The topological polar surface area (TPSA) is 23.9 Å². The van der Waals surface area contributed by atoms with Crippen LogP contribution in [0, 0.1) is 5.41 Å². The van der Waals surface area contributed by atoms with Gasteiger partial charge >= 0.3 is 0 Å². The highest BCUT2D eigenvalue weighted by molar-refractivity contribution is 5.90. The van der Waals surface area contributed by atoms with Gasteiger partial charge in [-0.05, 0) is 32.4 Å². The number of allylic oxidation sites excluding steroid dienone is 5. The zero-order chi connectivity index (χ0) is 8.85. The monoisotopic (exact) mass is 149 g/mol. The SMILES string of the molecule is C=C(C=CC(C)=N)C=C(C)C. The zero-order valence-electron chi connectivity index (χ0n) is 7.44. The average Bonchev–Trinajstić information content (AvgIpc) is 1.82. The molecule has 0 aromatic carbocycles. The maximum atomic E-state index is 7.12. The van der Waals surface area contributed by atoms with Gasteiger partial charge in [0.05, 0.1) is 0 Å². The molecule has 0 spiro atoms. The summed E-state index contributed by atoms with van der Waals surface area (Å²) < 4.78 is 0. The van der Waals surface area contributed by atoms with Crippen LogP contribution in [0.1, 0.15) is 20.8 Å². The Morgan fingerprint density at radius 3 is 2.09 bits per heavy atom.